The first-order valence-electron chi connectivity index (χ1n) is 5.63. The van der Waals surface area contributed by atoms with Crippen molar-refractivity contribution in [1.82, 2.24) is 15.5 Å². The maximum atomic E-state index is 13.1. The molecule has 1 aliphatic heterocycles. The summed E-state index contributed by atoms with van der Waals surface area (Å²) in [6.07, 6.45) is 1.02. The van der Waals surface area contributed by atoms with Gasteiger partial charge in [-0.05, 0) is 31.2 Å². The number of halogens is 1. The van der Waals surface area contributed by atoms with E-state index >= 15 is 0 Å². The average molecular weight is 233 g/mol. The van der Waals surface area contributed by atoms with Crippen LogP contribution >= 0.6 is 0 Å². The zero-order chi connectivity index (χ0) is 11.7. The van der Waals surface area contributed by atoms with Gasteiger partial charge in [-0.25, -0.2) is 4.39 Å². The zero-order valence-electron chi connectivity index (χ0n) is 9.19. The fraction of sp³-hybridized carbons (Fsp3) is 0.333. The van der Waals surface area contributed by atoms with E-state index in [9.17, 15) is 4.39 Å². The quantitative estimate of drug-likeness (QED) is 0.861. The van der Waals surface area contributed by atoms with Gasteiger partial charge < -0.3 is 9.84 Å². The summed E-state index contributed by atoms with van der Waals surface area (Å²) in [4.78, 5) is 4.32. The van der Waals surface area contributed by atoms with Crippen molar-refractivity contribution in [2.75, 3.05) is 13.1 Å². The molecular formula is C12H12FN3O. The SMILES string of the molecule is Fc1cccc(-c2nc([C@H]3CCNC3)no2)c1. The summed E-state index contributed by atoms with van der Waals surface area (Å²) in [6, 6.07) is 6.17. The number of rotatable bonds is 2. The van der Waals surface area contributed by atoms with Crippen LogP contribution in [0.4, 0.5) is 4.39 Å². The number of benzene rings is 1. The highest BCUT2D eigenvalue weighted by Gasteiger charge is 2.22. The van der Waals surface area contributed by atoms with Crippen molar-refractivity contribution in [3.05, 3.63) is 35.9 Å². The molecule has 4 nitrogen and oxygen atoms in total. The second-order valence-corrected chi connectivity index (χ2v) is 4.16. The first kappa shape index (κ1) is 10.4. The number of aromatic nitrogens is 2. The lowest BCUT2D eigenvalue weighted by molar-refractivity contribution is 0.417. The maximum Gasteiger partial charge on any atom is 0.258 e. The van der Waals surface area contributed by atoms with Crippen LogP contribution in [0, 0.1) is 5.82 Å². The summed E-state index contributed by atoms with van der Waals surface area (Å²) in [5.41, 5.74) is 0.620. The molecule has 1 aliphatic rings. The van der Waals surface area contributed by atoms with Gasteiger partial charge in [-0.3, -0.25) is 0 Å². The standard InChI is InChI=1S/C12H12FN3O/c13-10-3-1-2-8(6-10)12-15-11(16-17-12)9-4-5-14-7-9/h1-3,6,9,14H,4-5,7H2/t9-/m0/s1. The van der Waals surface area contributed by atoms with Gasteiger partial charge in [-0.2, -0.15) is 4.98 Å². The molecule has 0 aliphatic carbocycles. The van der Waals surface area contributed by atoms with Crippen molar-refractivity contribution >= 4 is 0 Å². The number of nitrogens with zero attached hydrogens (tertiary/aromatic N) is 2. The van der Waals surface area contributed by atoms with E-state index in [-0.39, 0.29) is 5.82 Å². The second-order valence-electron chi connectivity index (χ2n) is 4.16. The summed E-state index contributed by atoms with van der Waals surface area (Å²) in [5.74, 6) is 1.09. The minimum atomic E-state index is -0.301. The number of hydrogen-bond donors (Lipinski definition) is 1. The molecule has 1 fully saturated rings. The minimum Gasteiger partial charge on any atom is -0.334 e. The smallest absolute Gasteiger partial charge is 0.258 e. The molecule has 3 rings (SSSR count). The highest BCUT2D eigenvalue weighted by Crippen LogP contribution is 2.23. The Bertz CT molecular complexity index is 520. The number of hydrogen-bond acceptors (Lipinski definition) is 4. The first-order valence-corrected chi connectivity index (χ1v) is 5.63. The Balaban J connectivity index is 1.89. The van der Waals surface area contributed by atoms with Gasteiger partial charge in [0.1, 0.15) is 5.82 Å². The Morgan fingerprint density at radius 2 is 2.35 bits per heavy atom. The third-order valence-corrected chi connectivity index (χ3v) is 2.94. The van der Waals surface area contributed by atoms with Gasteiger partial charge >= 0.3 is 0 Å². The second kappa shape index (κ2) is 4.25. The third kappa shape index (κ3) is 2.06. The van der Waals surface area contributed by atoms with Crippen molar-refractivity contribution < 1.29 is 8.91 Å². The van der Waals surface area contributed by atoms with E-state index in [0.717, 1.165) is 19.5 Å². The maximum absolute atomic E-state index is 13.1. The fourth-order valence-electron chi connectivity index (χ4n) is 2.01. The average Bonchev–Trinajstić information content (AvgIpc) is 3.00. The Hall–Kier alpha value is -1.75. The predicted molar refractivity (Wildman–Crippen MR) is 59.9 cm³/mol. The van der Waals surface area contributed by atoms with E-state index in [0.29, 0.717) is 23.2 Å². The predicted octanol–water partition coefficient (Wildman–Crippen LogP) is 1.95. The highest BCUT2D eigenvalue weighted by atomic mass is 19.1. The zero-order valence-corrected chi connectivity index (χ0v) is 9.19. The van der Waals surface area contributed by atoms with Crippen LogP contribution in [-0.4, -0.2) is 23.2 Å². The molecule has 1 aromatic heterocycles. The van der Waals surface area contributed by atoms with E-state index in [2.05, 4.69) is 15.5 Å². The topological polar surface area (TPSA) is 51.0 Å². The lowest BCUT2D eigenvalue weighted by Gasteiger charge is -1.98. The van der Waals surface area contributed by atoms with Gasteiger partial charge in [0, 0.05) is 18.0 Å². The van der Waals surface area contributed by atoms with E-state index in [1.165, 1.54) is 12.1 Å². The molecular weight excluding hydrogens is 221 g/mol. The monoisotopic (exact) mass is 233 g/mol. The molecule has 1 saturated heterocycles. The molecule has 88 valence electrons. The van der Waals surface area contributed by atoms with Gasteiger partial charge in [0.2, 0.25) is 0 Å². The van der Waals surface area contributed by atoms with Crippen molar-refractivity contribution in [2.45, 2.75) is 12.3 Å². The van der Waals surface area contributed by atoms with Gasteiger partial charge in [0.05, 0.1) is 0 Å². The number of nitrogens with one attached hydrogen (secondary N) is 1. The summed E-state index contributed by atoms with van der Waals surface area (Å²) in [7, 11) is 0. The normalized spacial score (nSPS) is 19.7. The molecule has 0 radical (unpaired) electrons. The van der Waals surface area contributed by atoms with Crippen molar-refractivity contribution in [2.24, 2.45) is 0 Å². The third-order valence-electron chi connectivity index (χ3n) is 2.94. The largest absolute Gasteiger partial charge is 0.334 e. The van der Waals surface area contributed by atoms with Crippen molar-refractivity contribution in [3.8, 4) is 11.5 Å². The van der Waals surface area contributed by atoms with Crippen LogP contribution in [0.5, 0.6) is 0 Å². The van der Waals surface area contributed by atoms with Crippen molar-refractivity contribution in [1.29, 1.82) is 0 Å². The summed E-state index contributed by atoms with van der Waals surface area (Å²) >= 11 is 0. The van der Waals surface area contributed by atoms with E-state index in [4.69, 9.17) is 4.52 Å². The molecule has 0 bridgehead atoms. The van der Waals surface area contributed by atoms with Crippen LogP contribution in [0.25, 0.3) is 11.5 Å². The lowest BCUT2D eigenvalue weighted by atomic mass is 10.1. The molecule has 2 heterocycles. The van der Waals surface area contributed by atoms with Crippen LogP contribution in [0.3, 0.4) is 0 Å². The highest BCUT2D eigenvalue weighted by molar-refractivity contribution is 5.52. The van der Waals surface area contributed by atoms with Crippen molar-refractivity contribution in [3.63, 3.8) is 0 Å². The summed E-state index contributed by atoms with van der Waals surface area (Å²) < 4.78 is 18.2. The van der Waals surface area contributed by atoms with Gasteiger partial charge in [-0.15, -0.1) is 0 Å². The molecule has 2 aromatic rings. The Morgan fingerprint density at radius 3 is 3.12 bits per heavy atom. The lowest BCUT2D eigenvalue weighted by Crippen LogP contribution is -2.08. The first-order chi connectivity index (χ1) is 8.33. The fourth-order valence-corrected chi connectivity index (χ4v) is 2.01. The summed E-state index contributed by atoms with van der Waals surface area (Å²) in [5, 5.41) is 7.20. The molecule has 1 aromatic carbocycles. The Labute approximate surface area is 97.8 Å². The molecule has 0 spiro atoms. The van der Waals surface area contributed by atoms with E-state index < -0.39 is 0 Å². The van der Waals surface area contributed by atoms with Gasteiger partial charge in [0.15, 0.2) is 5.82 Å². The Kier molecular flexibility index (Phi) is 2.60. The van der Waals surface area contributed by atoms with E-state index in [1.54, 1.807) is 12.1 Å². The van der Waals surface area contributed by atoms with Gasteiger partial charge in [-0.1, -0.05) is 11.2 Å². The molecule has 5 heteroatoms. The molecule has 0 saturated carbocycles. The van der Waals surface area contributed by atoms with E-state index in [1.807, 2.05) is 0 Å². The van der Waals surface area contributed by atoms with Gasteiger partial charge in [0.25, 0.3) is 5.89 Å². The Morgan fingerprint density at radius 1 is 1.41 bits per heavy atom. The summed E-state index contributed by atoms with van der Waals surface area (Å²) in [6.45, 7) is 1.86. The van der Waals surface area contributed by atoms with Crippen LogP contribution in [0.2, 0.25) is 0 Å². The van der Waals surface area contributed by atoms with Crippen LogP contribution in [0.15, 0.2) is 28.8 Å². The van der Waals surface area contributed by atoms with Crippen LogP contribution in [0.1, 0.15) is 18.2 Å². The molecule has 1 N–H and O–H groups in total. The van der Waals surface area contributed by atoms with Crippen LogP contribution in [-0.2, 0) is 0 Å². The van der Waals surface area contributed by atoms with Crippen LogP contribution < -0.4 is 5.32 Å². The molecule has 1 atom stereocenters. The molecule has 17 heavy (non-hydrogen) atoms. The minimum absolute atomic E-state index is 0.301. The molecule has 0 unspecified atom stereocenters. The molecule has 0 amide bonds.